The number of nitrogens with zero attached hydrogens (tertiary/aromatic N) is 1. The van der Waals surface area contributed by atoms with Crippen LogP contribution in [0, 0.1) is 6.92 Å². The van der Waals surface area contributed by atoms with Gasteiger partial charge in [-0.15, -0.1) is 0 Å². The number of methoxy groups -OCH3 is 1. The Labute approximate surface area is 120 Å². The normalized spacial score (nSPS) is 12.2. The van der Waals surface area contributed by atoms with Gasteiger partial charge in [0.05, 0.1) is 24.7 Å². The minimum Gasteiger partial charge on any atom is -0.481 e. The van der Waals surface area contributed by atoms with Gasteiger partial charge in [0.1, 0.15) is 5.82 Å². The van der Waals surface area contributed by atoms with Gasteiger partial charge in [-0.1, -0.05) is 19.1 Å². The van der Waals surface area contributed by atoms with Crippen LogP contribution in [0.5, 0.6) is 0 Å². The molecule has 5 heteroatoms. The quantitative estimate of drug-likeness (QED) is 0.550. The zero-order chi connectivity index (χ0) is 15.1. The number of nitrogen functional groups attached to an aromatic ring is 1. The van der Waals surface area contributed by atoms with Crippen molar-refractivity contribution in [2.75, 3.05) is 25.2 Å². The van der Waals surface area contributed by atoms with Crippen molar-refractivity contribution in [3.63, 3.8) is 0 Å². The number of benzene rings is 1. The molecule has 0 spiro atoms. The fraction of sp³-hybridized carbons (Fsp3) is 0.333. The first kappa shape index (κ1) is 15.8. The second kappa shape index (κ2) is 7.33. The van der Waals surface area contributed by atoms with Gasteiger partial charge in [0.2, 0.25) is 5.88 Å². The molecular weight excluding hydrogens is 252 g/mol. The summed E-state index contributed by atoms with van der Waals surface area (Å²) < 4.78 is 5.24. The van der Waals surface area contributed by atoms with Crippen LogP contribution in [0.2, 0.25) is 0 Å². The van der Waals surface area contributed by atoms with Crippen molar-refractivity contribution in [3.8, 4) is 0 Å². The van der Waals surface area contributed by atoms with E-state index in [9.17, 15) is 0 Å². The first-order valence-electron chi connectivity index (χ1n) is 6.57. The number of nitrogens with one attached hydrogen (secondary N) is 1. The molecule has 0 radical (unpaired) electrons. The summed E-state index contributed by atoms with van der Waals surface area (Å²) in [6.07, 6.45) is 4.35. The zero-order valence-electron chi connectivity index (χ0n) is 12.6. The average molecular weight is 276 g/mol. The van der Waals surface area contributed by atoms with Crippen LogP contribution in [0.1, 0.15) is 18.9 Å². The molecule has 20 heavy (non-hydrogen) atoms. The number of nitrogens with two attached hydrogens (primary N) is 2. The summed E-state index contributed by atoms with van der Waals surface area (Å²) in [7, 11) is 3.46. The van der Waals surface area contributed by atoms with Crippen molar-refractivity contribution in [3.05, 3.63) is 47.7 Å². The molecule has 0 atom stereocenters. The van der Waals surface area contributed by atoms with E-state index in [1.807, 2.05) is 37.1 Å². The summed E-state index contributed by atoms with van der Waals surface area (Å²) >= 11 is 0. The number of para-hydroxylation sites is 1. The van der Waals surface area contributed by atoms with Crippen molar-refractivity contribution in [2.24, 2.45) is 5.73 Å². The van der Waals surface area contributed by atoms with Gasteiger partial charge < -0.3 is 26.4 Å². The Morgan fingerprint density at radius 1 is 1.45 bits per heavy atom. The third kappa shape index (κ3) is 3.60. The molecule has 0 aliphatic rings. The topological polar surface area (TPSA) is 76.5 Å². The van der Waals surface area contributed by atoms with E-state index in [4.69, 9.17) is 16.2 Å². The highest BCUT2D eigenvalue weighted by molar-refractivity contribution is 5.71. The van der Waals surface area contributed by atoms with Crippen molar-refractivity contribution in [2.45, 2.75) is 20.3 Å². The maximum absolute atomic E-state index is 6.03. The monoisotopic (exact) mass is 276 g/mol. The molecule has 1 rings (SSSR count). The number of anilines is 2. The summed E-state index contributed by atoms with van der Waals surface area (Å²) in [6, 6.07) is 5.82. The summed E-state index contributed by atoms with van der Waals surface area (Å²) in [5.41, 5.74) is 14.3. The van der Waals surface area contributed by atoms with Crippen LogP contribution in [0.4, 0.5) is 11.4 Å². The third-order valence-corrected chi connectivity index (χ3v) is 3.00. The molecule has 0 saturated heterocycles. The predicted octanol–water partition coefficient (Wildman–Crippen LogP) is 2.58. The fourth-order valence-electron chi connectivity index (χ4n) is 1.89. The van der Waals surface area contributed by atoms with E-state index in [1.165, 1.54) is 6.20 Å². The number of hydrogen-bond donors (Lipinski definition) is 3. The van der Waals surface area contributed by atoms with Crippen molar-refractivity contribution < 1.29 is 4.74 Å². The van der Waals surface area contributed by atoms with E-state index in [0.717, 1.165) is 23.5 Å². The minimum absolute atomic E-state index is 0.560. The van der Waals surface area contributed by atoms with Gasteiger partial charge in [0, 0.05) is 7.05 Å². The molecule has 1 aromatic rings. The number of aryl methyl sites for hydroxylation is 1. The van der Waals surface area contributed by atoms with Crippen LogP contribution in [0.15, 0.2) is 42.2 Å². The Morgan fingerprint density at radius 2 is 2.15 bits per heavy atom. The van der Waals surface area contributed by atoms with Crippen LogP contribution in [0.3, 0.4) is 0 Å². The van der Waals surface area contributed by atoms with Gasteiger partial charge >= 0.3 is 0 Å². The van der Waals surface area contributed by atoms with Gasteiger partial charge in [0.25, 0.3) is 0 Å². The Hall–Kier alpha value is -2.30. The predicted molar refractivity (Wildman–Crippen MR) is 84.6 cm³/mol. The molecule has 5 N–H and O–H groups in total. The van der Waals surface area contributed by atoms with Gasteiger partial charge in [-0.2, -0.15) is 0 Å². The van der Waals surface area contributed by atoms with E-state index in [0.29, 0.717) is 11.6 Å². The second-order valence-electron chi connectivity index (χ2n) is 4.43. The highest BCUT2D eigenvalue weighted by Gasteiger charge is 2.12. The molecule has 0 amide bonds. The molecule has 5 nitrogen and oxygen atoms in total. The smallest absolute Gasteiger partial charge is 0.210 e. The second-order valence-corrected chi connectivity index (χ2v) is 4.43. The molecule has 0 aliphatic carbocycles. The van der Waals surface area contributed by atoms with E-state index in [1.54, 1.807) is 7.11 Å². The Kier molecular flexibility index (Phi) is 5.77. The molecule has 0 bridgehead atoms. The summed E-state index contributed by atoms with van der Waals surface area (Å²) in [5, 5.41) is 3.35. The Morgan fingerprint density at radius 3 is 2.65 bits per heavy atom. The van der Waals surface area contributed by atoms with Crippen molar-refractivity contribution >= 4 is 11.4 Å². The number of hydrogen-bond acceptors (Lipinski definition) is 5. The Bertz CT molecular complexity index is 488. The number of rotatable bonds is 6. The fourth-order valence-corrected chi connectivity index (χ4v) is 1.89. The van der Waals surface area contributed by atoms with Crippen molar-refractivity contribution in [1.82, 2.24) is 4.90 Å². The standard InChI is InChI=1S/C15H24N4O/c1-5-7-13(19(3)14(10-16)20-4)18-15-11(2)8-6-9-12(15)17/h6-10,18H,5,16-17H2,1-4H3/b13-7-,14-10+. The van der Waals surface area contributed by atoms with Crippen LogP contribution in [-0.2, 0) is 4.74 Å². The van der Waals surface area contributed by atoms with Gasteiger partial charge in [-0.25, -0.2) is 0 Å². The van der Waals surface area contributed by atoms with E-state index in [2.05, 4.69) is 18.3 Å². The SMILES string of the molecule is CC/C=C(/Nc1c(C)cccc1N)N(C)/C(=C\N)OC. The summed E-state index contributed by atoms with van der Waals surface area (Å²) in [4.78, 5) is 1.84. The lowest BCUT2D eigenvalue weighted by Crippen LogP contribution is -2.25. The first-order chi connectivity index (χ1) is 9.54. The van der Waals surface area contributed by atoms with Gasteiger partial charge in [-0.05, 0) is 31.1 Å². The highest BCUT2D eigenvalue weighted by Crippen LogP contribution is 2.25. The lowest BCUT2D eigenvalue weighted by Gasteiger charge is -2.26. The molecule has 110 valence electrons. The minimum atomic E-state index is 0.560. The van der Waals surface area contributed by atoms with E-state index >= 15 is 0 Å². The lowest BCUT2D eigenvalue weighted by atomic mass is 10.1. The zero-order valence-corrected chi connectivity index (χ0v) is 12.6. The van der Waals surface area contributed by atoms with Gasteiger partial charge in [-0.3, -0.25) is 0 Å². The molecule has 0 fully saturated rings. The lowest BCUT2D eigenvalue weighted by molar-refractivity contribution is 0.197. The molecule has 0 unspecified atom stereocenters. The maximum Gasteiger partial charge on any atom is 0.210 e. The number of ether oxygens (including phenoxy) is 1. The largest absolute Gasteiger partial charge is 0.481 e. The van der Waals surface area contributed by atoms with Crippen LogP contribution in [0.25, 0.3) is 0 Å². The maximum atomic E-state index is 6.03. The summed E-state index contributed by atoms with van der Waals surface area (Å²) in [5.74, 6) is 1.43. The van der Waals surface area contributed by atoms with Crippen LogP contribution in [-0.4, -0.2) is 19.1 Å². The van der Waals surface area contributed by atoms with Crippen molar-refractivity contribution in [1.29, 1.82) is 0 Å². The summed E-state index contributed by atoms with van der Waals surface area (Å²) in [6.45, 7) is 4.08. The first-order valence-corrected chi connectivity index (χ1v) is 6.57. The Balaban J connectivity index is 3.08. The third-order valence-electron chi connectivity index (χ3n) is 3.00. The molecule has 0 aromatic heterocycles. The van der Waals surface area contributed by atoms with E-state index < -0.39 is 0 Å². The molecule has 0 aliphatic heterocycles. The van der Waals surface area contributed by atoms with Crippen LogP contribution >= 0.6 is 0 Å². The number of allylic oxidation sites excluding steroid dienone is 1. The molecular formula is C15H24N4O. The molecule has 1 aromatic carbocycles. The van der Waals surface area contributed by atoms with Crippen LogP contribution < -0.4 is 16.8 Å². The highest BCUT2D eigenvalue weighted by atomic mass is 16.5. The molecule has 0 saturated carbocycles. The average Bonchev–Trinajstić information content (AvgIpc) is 2.43. The van der Waals surface area contributed by atoms with Gasteiger partial charge in [0.15, 0.2) is 0 Å². The molecule has 0 heterocycles. The van der Waals surface area contributed by atoms with E-state index in [-0.39, 0.29) is 0 Å².